The number of fused-ring (bicyclic) bond motifs is 1. The van der Waals surface area contributed by atoms with Gasteiger partial charge in [0.15, 0.2) is 0 Å². The third-order valence-corrected chi connectivity index (χ3v) is 5.37. The second kappa shape index (κ2) is 6.81. The molecule has 5 rings (SSSR count). The topological polar surface area (TPSA) is 38.1 Å². The molecule has 0 radical (unpaired) electrons. The summed E-state index contributed by atoms with van der Waals surface area (Å²) in [4.78, 5) is 14.4. The standard InChI is InChI=1S/C23H17F2N3O/c24-17-3-1-15(2-4-17)21-11-12-23(29)27(21)20-9-10-22-16(13-20)14-26-28(22)19-7-5-18(25)6-8-19/h1-10,13-14,21H,11-12H2. The van der Waals surface area contributed by atoms with E-state index in [4.69, 9.17) is 0 Å². The van der Waals surface area contributed by atoms with Gasteiger partial charge < -0.3 is 4.90 Å². The van der Waals surface area contributed by atoms with Crippen LogP contribution in [-0.2, 0) is 4.79 Å². The lowest BCUT2D eigenvalue weighted by molar-refractivity contribution is -0.117. The third kappa shape index (κ3) is 3.06. The smallest absolute Gasteiger partial charge is 0.227 e. The van der Waals surface area contributed by atoms with Crippen LogP contribution in [0.2, 0.25) is 0 Å². The first kappa shape index (κ1) is 17.6. The van der Waals surface area contributed by atoms with Crippen LogP contribution in [0.15, 0.2) is 72.9 Å². The molecule has 0 aliphatic carbocycles. The maximum Gasteiger partial charge on any atom is 0.227 e. The van der Waals surface area contributed by atoms with Gasteiger partial charge in [-0.3, -0.25) is 4.79 Å². The number of hydrogen-bond donors (Lipinski definition) is 0. The van der Waals surface area contributed by atoms with Gasteiger partial charge in [-0.15, -0.1) is 0 Å². The van der Waals surface area contributed by atoms with Crippen LogP contribution in [0.25, 0.3) is 16.6 Å². The largest absolute Gasteiger partial charge is 0.305 e. The van der Waals surface area contributed by atoms with Crippen LogP contribution in [0.5, 0.6) is 0 Å². The molecule has 6 heteroatoms. The molecule has 0 N–H and O–H groups in total. The van der Waals surface area contributed by atoms with Crippen molar-refractivity contribution >= 4 is 22.5 Å². The number of carbonyl (C=O) groups is 1. The Kier molecular flexibility index (Phi) is 4.12. The van der Waals surface area contributed by atoms with Gasteiger partial charge in [0, 0.05) is 17.5 Å². The second-order valence-electron chi connectivity index (χ2n) is 7.15. The summed E-state index contributed by atoms with van der Waals surface area (Å²) in [5.41, 5.74) is 3.33. The van der Waals surface area contributed by atoms with E-state index in [1.54, 1.807) is 40.0 Å². The number of amides is 1. The average molecular weight is 389 g/mol. The summed E-state index contributed by atoms with van der Waals surface area (Å²) < 4.78 is 28.3. The van der Waals surface area contributed by atoms with Crippen molar-refractivity contribution in [2.24, 2.45) is 0 Å². The molecule has 4 aromatic rings. The van der Waals surface area contributed by atoms with Crippen LogP contribution in [0.4, 0.5) is 14.5 Å². The van der Waals surface area contributed by atoms with E-state index in [9.17, 15) is 13.6 Å². The zero-order valence-electron chi connectivity index (χ0n) is 15.4. The van der Waals surface area contributed by atoms with E-state index < -0.39 is 0 Å². The number of rotatable bonds is 3. The minimum atomic E-state index is -0.299. The Morgan fingerprint density at radius 3 is 2.24 bits per heavy atom. The molecule has 0 bridgehead atoms. The molecular weight excluding hydrogens is 372 g/mol. The molecule has 1 fully saturated rings. The van der Waals surface area contributed by atoms with Gasteiger partial charge >= 0.3 is 0 Å². The van der Waals surface area contributed by atoms with Gasteiger partial charge in [0.1, 0.15) is 11.6 Å². The summed E-state index contributed by atoms with van der Waals surface area (Å²) in [6, 6.07) is 18.1. The summed E-state index contributed by atoms with van der Waals surface area (Å²) in [6.07, 6.45) is 2.88. The number of benzene rings is 3. The van der Waals surface area contributed by atoms with Crippen molar-refractivity contribution < 1.29 is 13.6 Å². The molecule has 2 heterocycles. The van der Waals surface area contributed by atoms with Crippen molar-refractivity contribution in [2.75, 3.05) is 4.90 Å². The van der Waals surface area contributed by atoms with E-state index in [0.717, 1.165) is 27.8 Å². The van der Waals surface area contributed by atoms with Crippen LogP contribution in [0, 0.1) is 11.6 Å². The zero-order chi connectivity index (χ0) is 20.0. The normalized spacial score (nSPS) is 16.7. The van der Waals surface area contributed by atoms with E-state index in [-0.39, 0.29) is 23.6 Å². The van der Waals surface area contributed by atoms with Crippen molar-refractivity contribution in [2.45, 2.75) is 18.9 Å². The predicted molar refractivity (Wildman–Crippen MR) is 107 cm³/mol. The Morgan fingerprint density at radius 1 is 0.862 bits per heavy atom. The van der Waals surface area contributed by atoms with E-state index >= 15 is 0 Å². The monoisotopic (exact) mass is 389 g/mol. The molecule has 4 nitrogen and oxygen atoms in total. The number of hydrogen-bond acceptors (Lipinski definition) is 2. The highest BCUT2D eigenvalue weighted by atomic mass is 19.1. The summed E-state index contributed by atoms with van der Waals surface area (Å²) >= 11 is 0. The molecule has 1 saturated heterocycles. The number of anilines is 1. The fraction of sp³-hybridized carbons (Fsp3) is 0.130. The van der Waals surface area contributed by atoms with Crippen molar-refractivity contribution in [3.63, 3.8) is 0 Å². The molecular formula is C23H17F2N3O. The fourth-order valence-corrected chi connectivity index (χ4v) is 3.97. The fourth-order valence-electron chi connectivity index (χ4n) is 3.97. The van der Waals surface area contributed by atoms with Gasteiger partial charge in [-0.2, -0.15) is 5.10 Å². The average Bonchev–Trinajstić information content (AvgIpc) is 3.32. The maximum atomic E-state index is 13.3. The van der Waals surface area contributed by atoms with E-state index in [1.807, 2.05) is 18.2 Å². The molecule has 3 aromatic carbocycles. The maximum absolute atomic E-state index is 13.3. The van der Waals surface area contributed by atoms with Crippen LogP contribution in [-0.4, -0.2) is 15.7 Å². The second-order valence-corrected chi connectivity index (χ2v) is 7.15. The van der Waals surface area contributed by atoms with Crippen molar-refractivity contribution in [1.82, 2.24) is 9.78 Å². The highest BCUT2D eigenvalue weighted by Gasteiger charge is 2.33. The summed E-state index contributed by atoms with van der Waals surface area (Å²) in [7, 11) is 0. The zero-order valence-corrected chi connectivity index (χ0v) is 15.4. The Morgan fingerprint density at radius 2 is 1.52 bits per heavy atom. The highest BCUT2D eigenvalue weighted by molar-refractivity contribution is 5.98. The molecule has 0 saturated carbocycles. The Balaban J connectivity index is 1.53. The van der Waals surface area contributed by atoms with Crippen LogP contribution in [0.1, 0.15) is 24.4 Å². The van der Waals surface area contributed by atoms with Gasteiger partial charge in [0.2, 0.25) is 5.91 Å². The van der Waals surface area contributed by atoms with Crippen LogP contribution in [0.3, 0.4) is 0 Å². The Bertz CT molecular complexity index is 1200. The first-order valence-corrected chi connectivity index (χ1v) is 9.41. The van der Waals surface area contributed by atoms with E-state index in [1.165, 1.54) is 24.3 Å². The third-order valence-electron chi connectivity index (χ3n) is 5.37. The quantitative estimate of drug-likeness (QED) is 0.485. The van der Waals surface area contributed by atoms with Gasteiger partial charge in [0.25, 0.3) is 0 Å². The summed E-state index contributed by atoms with van der Waals surface area (Å²) in [5, 5.41) is 5.30. The lowest BCUT2D eigenvalue weighted by Crippen LogP contribution is -2.27. The molecule has 1 aliphatic heterocycles. The summed E-state index contributed by atoms with van der Waals surface area (Å²) in [5.74, 6) is -0.546. The Hall–Kier alpha value is -3.54. The number of nitrogens with zero attached hydrogens (tertiary/aromatic N) is 3. The predicted octanol–water partition coefficient (Wildman–Crippen LogP) is 5.17. The van der Waals surface area contributed by atoms with Crippen molar-refractivity contribution in [1.29, 1.82) is 0 Å². The highest BCUT2D eigenvalue weighted by Crippen LogP contribution is 2.38. The number of halogens is 2. The minimum Gasteiger partial charge on any atom is -0.305 e. The molecule has 1 atom stereocenters. The molecule has 1 amide bonds. The van der Waals surface area contributed by atoms with E-state index in [0.29, 0.717) is 12.8 Å². The molecule has 1 unspecified atom stereocenters. The first-order valence-electron chi connectivity index (χ1n) is 9.41. The lowest BCUT2D eigenvalue weighted by Gasteiger charge is -2.25. The Labute approximate surface area is 166 Å². The molecule has 144 valence electrons. The number of carbonyl (C=O) groups excluding carboxylic acids is 1. The number of aromatic nitrogens is 2. The van der Waals surface area contributed by atoms with E-state index in [2.05, 4.69) is 5.10 Å². The van der Waals surface area contributed by atoms with Gasteiger partial charge in [-0.25, -0.2) is 13.5 Å². The van der Waals surface area contributed by atoms with Crippen LogP contribution < -0.4 is 4.90 Å². The van der Waals surface area contributed by atoms with Crippen LogP contribution >= 0.6 is 0 Å². The molecule has 1 aromatic heterocycles. The van der Waals surface area contributed by atoms with Gasteiger partial charge in [-0.05, 0) is 66.6 Å². The molecule has 29 heavy (non-hydrogen) atoms. The minimum absolute atomic E-state index is 0.0459. The lowest BCUT2D eigenvalue weighted by atomic mass is 10.0. The SMILES string of the molecule is O=C1CCC(c2ccc(F)cc2)N1c1ccc2c(cnn2-c2ccc(F)cc2)c1. The first-order chi connectivity index (χ1) is 14.1. The van der Waals surface area contributed by atoms with Crippen molar-refractivity contribution in [3.05, 3.63) is 90.1 Å². The molecule has 1 aliphatic rings. The van der Waals surface area contributed by atoms with Gasteiger partial charge in [0.05, 0.1) is 23.4 Å². The van der Waals surface area contributed by atoms with Crippen molar-refractivity contribution in [3.8, 4) is 5.69 Å². The summed E-state index contributed by atoms with van der Waals surface area (Å²) in [6.45, 7) is 0. The van der Waals surface area contributed by atoms with Gasteiger partial charge in [-0.1, -0.05) is 12.1 Å². The molecule has 0 spiro atoms.